The largest absolute Gasteiger partial charge is 0.349 e. The van der Waals surface area contributed by atoms with Crippen molar-refractivity contribution in [2.75, 3.05) is 0 Å². The molecule has 0 bridgehead atoms. The summed E-state index contributed by atoms with van der Waals surface area (Å²) < 4.78 is 2.17. The highest BCUT2D eigenvalue weighted by Gasteiger charge is 2.16. The third-order valence-electron chi connectivity index (χ3n) is 3.81. The number of amides is 1. The van der Waals surface area contributed by atoms with Crippen molar-refractivity contribution in [3.63, 3.8) is 0 Å². The zero-order chi connectivity index (χ0) is 15.5. The van der Waals surface area contributed by atoms with Gasteiger partial charge in [0.1, 0.15) is 5.82 Å². The quantitative estimate of drug-likeness (QED) is 0.734. The van der Waals surface area contributed by atoms with E-state index in [2.05, 4.69) is 47.1 Å². The number of hydrogen-bond acceptors (Lipinski definition) is 2. The van der Waals surface area contributed by atoms with Crippen molar-refractivity contribution in [3.8, 4) is 0 Å². The molecule has 1 atom stereocenters. The van der Waals surface area contributed by atoms with E-state index in [0.717, 1.165) is 29.8 Å². The first-order chi connectivity index (χ1) is 10.7. The number of nitrogens with one attached hydrogen (secondary N) is 1. The minimum atomic E-state index is -0.130. The fourth-order valence-corrected chi connectivity index (χ4v) is 2.76. The Kier molecular flexibility index (Phi) is 3.92. The molecule has 0 saturated carbocycles. The summed E-state index contributed by atoms with van der Waals surface area (Å²) in [6.07, 6.45) is 0.723. The first-order valence-corrected chi connectivity index (χ1v) is 7.39. The van der Waals surface area contributed by atoms with Crippen LogP contribution in [0.15, 0.2) is 48.5 Å². The van der Waals surface area contributed by atoms with Gasteiger partial charge in [-0.2, -0.15) is 0 Å². The molecular weight excluding hydrogens is 274 g/mol. The van der Waals surface area contributed by atoms with Gasteiger partial charge in [-0.1, -0.05) is 42.0 Å². The van der Waals surface area contributed by atoms with E-state index in [1.165, 1.54) is 11.1 Å². The molecule has 4 nitrogen and oxygen atoms in total. The Hall–Kier alpha value is -2.62. The number of rotatable bonds is 5. The predicted molar refractivity (Wildman–Crippen MR) is 87.6 cm³/mol. The van der Waals surface area contributed by atoms with Crippen LogP contribution in [-0.4, -0.2) is 16.0 Å². The number of para-hydroxylation sites is 2. The lowest BCUT2D eigenvalue weighted by atomic mass is 10.1. The highest BCUT2D eigenvalue weighted by Crippen LogP contribution is 2.22. The highest BCUT2D eigenvalue weighted by atomic mass is 16.1. The predicted octanol–water partition coefficient (Wildman–Crippen LogP) is 3.20. The summed E-state index contributed by atoms with van der Waals surface area (Å²) >= 11 is 0. The number of benzene rings is 2. The molecule has 2 aromatic carbocycles. The van der Waals surface area contributed by atoms with Crippen LogP contribution in [0.25, 0.3) is 11.0 Å². The van der Waals surface area contributed by atoms with Crippen LogP contribution >= 0.6 is 0 Å². The summed E-state index contributed by atoms with van der Waals surface area (Å²) in [4.78, 5) is 15.5. The van der Waals surface area contributed by atoms with Crippen molar-refractivity contribution in [1.82, 2.24) is 14.9 Å². The normalized spacial score (nSPS) is 12.3. The lowest BCUT2D eigenvalue weighted by molar-refractivity contribution is -0.110. The van der Waals surface area contributed by atoms with E-state index in [0.29, 0.717) is 0 Å². The van der Waals surface area contributed by atoms with Gasteiger partial charge in [-0.25, -0.2) is 4.98 Å². The topological polar surface area (TPSA) is 46.9 Å². The average molecular weight is 293 g/mol. The van der Waals surface area contributed by atoms with Gasteiger partial charge >= 0.3 is 0 Å². The number of imidazole rings is 1. The molecule has 1 N–H and O–H groups in total. The third-order valence-corrected chi connectivity index (χ3v) is 3.81. The van der Waals surface area contributed by atoms with Crippen LogP contribution in [0.4, 0.5) is 0 Å². The van der Waals surface area contributed by atoms with Gasteiger partial charge in [0.05, 0.1) is 17.1 Å². The van der Waals surface area contributed by atoms with Crippen LogP contribution in [0.2, 0.25) is 0 Å². The Labute approximate surface area is 129 Å². The molecule has 1 heterocycles. The molecule has 0 aliphatic carbocycles. The molecule has 0 fully saturated rings. The van der Waals surface area contributed by atoms with E-state index in [9.17, 15) is 4.79 Å². The van der Waals surface area contributed by atoms with Crippen molar-refractivity contribution < 1.29 is 4.79 Å². The van der Waals surface area contributed by atoms with Gasteiger partial charge in [0.25, 0.3) is 0 Å². The molecule has 0 radical (unpaired) electrons. The maximum absolute atomic E-state index is 10.8. The van der Waals surface area contributed by atoms with Crippen LogP contribution in [0.5, 0.6) is 0 Å². The minimum Gasteiger partial charge on any atom is -0.349 e. The van der Waals surface area contributed by atoms with E-state index in [-0.39, 0.29) is 6.04 Å². The number of fused-ring (bicyclic) bond motifs is 1. The Morgan fingerprint density at radius 3 is 2.82 bits per heavy atom. The highest BCUT2D eigenvalue weighted by molar-refractivity contribution is 5.76. The summed E-state index contributed by atoms with van der Waals surface area (Å²) in [6.45, 7) is 4.78. The second kappa shape index (κ2) is 6.02. The summed E-state index contributed by atoms with van der Waals surface area (Å²) in [6, 6.07) is 16.4. The molecule has 3 rings (SSSR count). The second-order valence-corrected chi connectivity index (χ2v) is 5.54. The number of aryl methyl sites for hydroxylation is 1. The summed E-state index contributed by atoms with van der Waals surface area (Å²) in [5.74, 6) is 0.870. The number of aromatic nitrogens is 2. The summed E-state index contributed by atoms with van der Waals surface area (Å²) in [7, 11) is 0. The Morgan fingerprint density at radius 1 is 1.23 bits per heavy atom. The fourth-order valence-electron chi connectivity index (χ4n) is 2.76. The first kappa shape index (κ1) is 14.3. The third kappa shape index (κ3) is 2.72. The van der Waals surface area contributed by atoms with Gasteiger partial charge in [0.2, 0.25) is 6.41 Å². The molecule has 0 aliphatic heterocycles. The maximum Gasteiger partial charge on any atom is 0.207 e. The van der Waals surface area contributed by atoms with Crippen LogP contribution in [-0.2, 0) is 11.3 Å². The van der Waals surface area contributed by atoms with E-state index in [1.54, 1.807) is 0 Å². The lowest BCUT2D eigenvalue weighted by Crippen LogP contribution is -2.20. The van der Waals surface area contributed by atoms with Crippen molar-refractivity contribution in [2.24, 2.45) is 0 Å². The molecule has 4 heteroatoms. The smallest absolute Gasteiger partial charge is 0.207 e. The molecule has 0 saturated heterocycles. The molecule has 3 aromatic rings. The van der Waals surface area contributed by atoms with Crippen molar-refractivity contribution in [1.29, 1.82) is 0 Å². The Balaban J connectivity index is 2.09. The molecule has 0 unspecified atom stereocenters. The van der Waals surface area contributed by atoms with Crippen molar-refractivity contribution in [3.05, 3.63) is 65.5 Å². The number of hydrogen-bond donors (Lipinski definition) is 1. The maximum atomic E-state index is 10.8. The van der Waals surface area contributed by atoms with Crippen molar-refractivity contribution in [2.45, 2.75) is 26.4 Å². The molecule has 0 aliphatic rings. The van der Waals surface area contributed by atoms with Crippen LogP contribution in [0, 0.1) is 6.92 Å². The SMILES string of the molecule is Cc1cccc(Cn2c([C@@H](C)NC=O)nc3ccccc32)c1. The molecular formula is C18H19N3O. The van der Waals surface area contributed by atoms with Crippen LogP contribution in [0.3, 0.4) is 0 Å². The number of carbonyl (C=O) groups excluding carboxylic acids is 1. The standard InChI is InChI=1S/C18H19N3O/c1-13-6-5-7-15(10-13)11-21-17-9-4-3-8-16(17)20-18(21)14(2)19-12-22/h3-10,12,14H,11H2,1-2H3,(H,19,22)/t14-/m1/s1. The van der Waals surface area contributed by atoms with Crippen LogP contribution in [0.1, 0.15) is 29.9 Å². The van der Waals surface area contributed by atoms with E-state index >= 15 is 0 Å². The molecule has 112 valence electrons. The zero-order valence-corrected chi connectivity index (χ0v) is 12.8. The van der Waals surface area contributed by atoms with Gasteiger partial charge in [0.15, 0.2) is 0 Å². The molecule has 22 heavy (non-hydrogen) atoms. The molecule has 0 spiro atoms. The van der Waals surface area contributed by atoms with Gasteiger partial charge in [-0.15, -0.1) is 0 Å². The van der Waals surface area contributed by atoms with Gasteiger partial charge < -0.3 is 9.88 Å². The van der Waals surface area contributed by atoms with Gasteiger partial charge in [0, 0.05) is 6.54 Å². The molecule has 1 aromatic heterocycles. The number of nitrogens with zero attached hydrogens (tertiary/aromatic N) is 2. The summed E-state index contributed by atoms with van der Waals surface area (Å²) in [5, 5.41) is 2.80. The zero-order valence-electron chi connectivity index (χ0n) is 12.8. The molecule has 1 amide bonds. The van der Waals surface area contributed by atoms with Gasteiger partial charge in [-0.05, 0) is 31.5 Å². The minimum absolute atomic E-state index is 0.130. The van der Waals surface area contributed by atoms with E-state index < -0.39 is 0 Å². The van der Waals surface area contributed by atoms with E-state index in [1.807, 2.05) is 25.1 Å². The van der Waals surface area contributed by atoms with Gasteiger partial charge in [-0.3, -0.25) is 4.79 Å². The van der Waals surface area contributed by atoms with Crippen LogP contribution < -0.4 is 5.32 Å². The van der Waals surface area contributed by atoms with E-state index in [4.69, 9.17) is 4.98 Å². The second-order valence-electron chi connectivity index (χ2n) is 5.54. The Bertz CT molecular complexity index is 807. The monoisotopic (exact) mass is 293 g/mol. The fraction of sp³-hybridized carbons (Fsp3) is 0.222. The average Bonchev–Trinajstić information content (AvgIpc) is 2.87. The summed E-state index contributed by atoms with van der Waals surface area (Å²) in [5.41, 5.74) is 4.49. The number of carbonyl (C=O) groups is 1. The first-order valence-electron chi connectivity index (χ1n) is 7.39. The lowest BCUT2D eigenvalue weighted by Gasteiger charge is -2.14. The van der Waals surface area contributed by atoms with Crippen molar-refractivity contribution >= 4 is 17.4 Å². The Morgan fingerprint density at radius 2 is 2.05 bits per heavy atom.